The van der Waals surface area contributed by atoms with Crippen molar-refractivity contribution in [1.82, 2.24) is 9.21 Å². The lowest BCUT2D eigenvalue weighted by atomic mass is 10.4. The van der Waals surface area contributed by atoms with Crippen molar-refractivity contribution in [2.45, 2.75) is 12.8 Å². The molecule has 0 bridgehead atoms. The van der Waals surface area contributed by atoms with E-state index in [1.54, 1.807) is 0 Å². The van der Waals surface area contributed by atoms with E-state index in [1.807, 2.05) is 0 Å². The molecule has 1 saturated heterocycles. The van der Waals surface area contributed by atoms with Gasteiger partial charge in [-0.3, -0.25) is 0 Å². The molecule has 0 aromatic rings. The Balaban J connectivity index is 2.25. The van der Waals surface area contributed by atoms with E-state index in [4.69, 9.17) is 5.14 Å². The number of rotatable bonds is 4. The summed E-state index contributed by atoms with van der Waals surface area (Å²) in [6, 6.07) is 0. The Morgan fingerprint density at radius 1 is 1.38 bits per heavy atom. The van der Waals surface area contributed by atoms with Crippen LogP contribution in [0.2, 0.25) is 0 Å². The first-order valence-corrected chi connectivity index (χ1v) is 5.97. The van der Waals surface area contributed by atoms with Gasteiger partial charge in [-0.2, -0.15) is 12.7 Å². The quantitative estimate of drug-likeness (QED) is 0.657. The van der Waals surface area contributed by atoms with Crippen LogP contribution in [0.25, 0.3) is 0 Å². The van der Waals surface area contributed by atoms with E-state index in [-0.39, 0.29) is 0 Å². The molecule has 0 radical (unpaired) electrons. The van der Waals surface area contributed by atoms with Crippen LogP contribution in [0.3, 0.4) is 0 Å². The SMILES string of the molecule is CN(CCN1CCCC1)S(N)(=O)=O. The lowest BCUT2D eigenvalue weighted by Crippen LogP contribution is -2.38. The molecule has 13 heavy (non-hydrogen) atoms. The van der Waals surface area contributed by atoms with Crippen LogP contribution in [0.1, 0.15) is 12.8 Å². The number of likely N-dealkylation sites (N-methyl/N-ethyl adjacent to an activating group) is 1. The molecule has 0 aromatic carbocycles. The zero-order valence-corrected chi connectivity index (χ0v) is 8.76. The molecule has 1 aliphatic heterocycles. The topological polar surface area (TPSA) is 66.6 Å². The summed E-state index contributed by atoms with van der Waals surface area (Å²) >= 11 is 0. The minimum absolute atomic E-state index is 0.485. The van der Waals surface area contributed by atoms with Crippen molar-refractivity contribution in [3.8, 4) is 0 Å². The molecule has 0 spiro atoms. The van der Waals surface area contributed by atoms with Gasteiger partial charge >= 0.3 is 0 Å². The third kappa shape index (κ3) is 3.60. The standard InChI is InChI=1S/C7H17N3O2S/c1-9(13(8,11)12)6-7-10-4-2-3-5-10/h2-7H2,1H3,(H2,8,11,12). The fourth-order valence-electron chi connectivity index (χ4n) is 1.42. The van der Waals surface area contributed by atoms with Gasteiger partial charge in [0.2, 0.25) is 0 Å². The second kappa shape index (κ2) is 4.36. The molecule has 0 saturated carbocycles. The number of likely N-dealkylation sites (tertiary alicyclic amines) is 1. The molecule has 0 atom stereocenters. The average Bonchev–Trinajstić information content (AvgIpc) is 2.50. The Morgan fingerprint density at radius 3 is 2.38 bits per heavy atom. The number of hydrogen-bond donors (Lipinski definition) is 1. The summed E-state index contributed by atoms with van der Waals surface area (Å²) < 4.78 is 22.8. The molecule has 0 unspecified atom stereocenters. The third-order valence-electron chi connectivity index (χ3n) is 2.36. The normalized spacial score (nSPS) is 19.9. The fraction of sp³-hybridized carbons (Fsp3) is 1.00. The summed E-state index contributed by atoms with van der Waals surface area (Å²) in [7, 11) is -1.98. The van der Waals surface area contributed by atoms with Crippen molar-refractivity contribution in [3.63, 3.8) is 0 Å². The first-order valence-electron chi connectivity index (χ1n) is 4.46. The largest absolute Gasteiger partial charge is 0.302 e. The molecule has 1 aliphatic rings. The maximum absolute atomic E-state index is 10.8. The molecule has 0 aromatic heterocycles. The Kier molecular flexibility index (Phi) is 3.66. The molecule has 0 aliphatic carbocycles. The van der Waals surface area contributed by atoms with Gasteiger partial charge < -0.3 is 4.90 Å². The van der Waals surface area contributed by atoms with Crippen LogP contribution in [-0.4, -0.2) is 50.8 Å². The zero-order valence-electron chi connectivity index (χ0n) is 7.94. The summed E-state index contributed by atoms with van der Waals surface area (Å²) in [5.74, 6) is 0. The predicted molar refractivity (Wildman–Crippen MR) is 51.4 cm³/mol. The molecule has 5 nitrogen and oxygen atoms in total. The van der Waals surface area contributed by atoms with Crippen LogP contribution in [0.5, 0.6) is 0 Å². The molecule has 2 N–H and O–H groups in total. The van der Waals surface area contributed by atoms with Gasteiger partial charge in [-0.15, -0.1) is 0 Å². The molecular formula is C7H17N3O2S. The highest BCUT2D eigenvalue weighted by Crippen LogP contribution is 2.06. The second-order valence-electron chi connectivity index (χ2n) is 3.42. The lowest BCUT2D eigenvalue weighted by molar-refractivity contribution is 0.310. The Bertz CT molecular complexity index is 246. The van der Waals surface area contributed by atoms with Crippen LogP contribution < -0.4 is 5.14 Å². The van der Waals surface area contributed by atoms with Crippen molar-refractivity contribution >= 4 is 10.2 Å². The van der Waals surface area contributed by atoms with Gasteiger partial charge in [-0.05, 0) is 25.9 Å². The Morgan fingerprint density at radius 2 is 1.92 bits per heavy atom. The molecule has 1 heterocycles. The van der Waals surface area contributed by atoms with Gasteiger partial charge in [0.1, 0.15) is 0 Å². The van der Waals surface area contributed by atoms with E-state index in [2.05, 4.69) is 4.90 Å². The summed E-state index contributed by atoms with van der Waals surface area (Å²) in [5, 5.41) is 4.94. The van der Waals surface area contributed by atoms with E-state index >= 15 is 0 Å². The fourth-order valence-corrected chi connectivity index (χ4v) is 1.75. The van der Waals surface area contributed by atoms with E-state index in [0.717, 1.165) is 19.6 Å². The summed E-state index contributed by atoms with van der Waals surface area (Å²) in [6.45, 7) is 3.43. The molecule has 0 amide bonds. The average molecular weight is 207 g/mol. The summed E-state index contributed by atoms with van der Waals surface area (Å²) in [4.78, 5) is 2.25. The minimum atomic E-state index is -3.49. The van der Waals surface area contributed by atoms with E-state index in [0.29, 0.717) is 6.54 Å². The first kappa shape index (κ1) is 10.9. The van der Waals surface area contributed by atoms with Gasteiger partial charge in [0, 0.05) is 20.1 Å². The minimum Gasteiger partial charge on any atom is -0.302 e. The van der Waals surface area contributed by atoms with Crippen molar-refractivity contribution in [3.05, 3.63) is 0 Å². The third-order valence-corrected chi connectivity index (χ3v) is 3.42. The van der Waals surface area contributed by atoms with Crippen LogP contribution in [-0.2, 0) is 10.2 Å². The van der Waals surface area contributed by atoms with Gasteiger partial charge in [0.05, 0.1) is 0 Å². The monoisotopic (exact) mass is 207 g/mol. The maximum Gasteiger partial charge on any atom is 0.276 e. The number of hydrogen-bond acceptors (Lipinski definition) is 3. The van der Waals surface area contributed by atoms with Gasteiger partial charge in [-0.25, -0.2) is 5.14 Å². The molecule has 1 fully saturated rings. The highest BCUT2D eigenvalue weighted by Gasteiger charge is 2.15. The summed E-state index contributed by atoms with van der Waals surface area (Å²) in [5.41, 5.74) is 0. The van der Waals surface area contributed by atoms with Crippen molar-refractivity contribution in [2.75, 3.05) is 33.2 Å². The van der Waals surface area contributed by atoms with E-state index < -0.39 is 10.2 Å². The Labute approximate surface area is 79.7 Å². The molecule has 1 rings (SSSR count). The van der Waals surface area contributed by atoms with Crippen LogP contribution in [0.4, 0.5) is 0 Å². The first-order chi connectivity index (χ1) is 6.00. The maximum atomic E-state index is 10.8. The molecule has 78 valence electrons. The van der Waals surface area contributed by atoms with Crippen LogP contribution in [0.15, 0.2) is 0 Å². The number of nitrogens with two attached hydrogens (primary N) is 1. The molecule has 6 heteroatoms. The van der Waals surface area contributed by atoms with Crippen LogP contribution >= 0.6 is 0 Å². The highest BCUT2D eigenvalue weighted by atomic mass is 32.2. The van der Waals surface area contributed by atoms with Crippen molar-refractivity contribution in [2.24, 2.45) is 5.14 Å². The van der Waals surface area contributed by atoms with Gasteiger partial charge in [0.25, 0.3) is 10.2 Å². The highest BCUT2D eigenvalue weighted by molar-refractivity contribution is 7.86. The van der Waals surface area contributed by atoms with Crippen LogP contribution in [0, 0.1) is 0 Å². The lowest BCUT2D eigenvalue weighted by Gasteiger charge is -2.18. The Hall–Kier alpha value is -0.170. The van der Waals surface area contributed by atoms with E-state index in [9.17, 15) is 8.42 Å². The van der Waals surface area contributed by atoms with E-state index in [1.165, 1.54) is 24.2 Å². The van der Waals surface area contributed by atoms with Gasteiger partial charge in [-0.1, -0.05) is 0 Å². The number of nitrogens with zero attached hydrogens (tertiary/aromatic N) is 2. The predicted octanol–water partition coefficient (Wildman–Crippen LogP) is -0.782. The van der Waals surface area contributed by atoms with Crippen molar-refractivity contribution < 1.29 is 8.42 Å². The second-order valence-corrected chi connectivity index (χ2v) is 5.07. The van der Waals surface area contributed by atoms with Crippen molar-refractivity contribution in [1.29, 1.82) is 0 Å². The zero-order chi connectivity index (χ0) is 9.90. The molecular weight excluding hydrogens is 190 g/mol. The summed E-state index contributed by atoms with van der Waals surface area (Å²) in [6.07, 6.45) is 2.44. The smallest absolute Gasteiger partial charge is 0.276 e. The van der Waals surface area contributed by atoms with Gasteiger partial charge in [0.15, 0.2) is 0 Å².